The lowest BCUT2D eigenvalue weighted by Crippen LogP contribution is -2.00. The van der Waals surface area contributed by atoms with Gasteiger partial charge in [0.2, 0.25) is 0 Å². The first-order valence-electron chi connectivity index (χ1n) is 5.93. The minimum absolute atomic E-state index is 0.0140. The van der Waals surface area contributed by atoms with Crippen LogP contribution in [0.5, 0.6) is 17.2 Å². The van der Waals surface area contributed by atoms with Gasteiger partial charge in [0, 0.05) is 0 Å². The molecule has 0 aliphatic rings. The molecule has 5 heteroatoms. The van der Waals surface area contributed by atoms with Crippen LogP contribution in [0, 0.1) is 11.3 Å². The van der Waals surface area contributed by atoms with Crippen LogP contribution in [-0.4, -0.2) is 12.2 Å². The van der Waals surface area contributed by atoms with Gasteiger partial charge < -0.3 is 20.3 Å². The highest BCUT2D eigenvalue weighted by molar-refractivity contribution is 5.61. The SMILES string of the molecule is COc1cc(COc2cccc(O)c2N)ccc1C#N. The Labute approximate surface area is 116 Å². The van der Waals surface area contributed by atoms with E-state index in [1.54, 1.807) is 30.3 Å². The van der Waals surface area contributed by atoms with E-state index >= 15 is 0 Å². The molecule has 0 amide bonds. The molecule has 0 aliphatic heterocycles. The first-order chi connectivity index (χ1) is 9.65. The molecular weight excluding hydrogens is 256 g/mol. The third kappa shape index (κ3) is 2.75. The summed E-state index contributed by atoms with van der Waals surface area (Å²) in [5, 5.41) is 18.4. The standard InChI is InChI=1S/C15H14N2O3/c1-19-14-7-10(5-6-11(14)8-16)9-20-13-4-2-3-12(18)15(13)17/h2-7,18H,9,17H2,1H3. The summed E-state index contributed by atoms with van der Waals surface area (Å²) in [7, 11) is 1.51. The van der Waals surface area contributed by atoms with Crippen LogP contribution in [0.3, 0.4) is 0 Å². The van der Waals surface area contributed by atoms with Crippen molar-refractivity contribution < 1.29 is 14.6 Å². The number of anilines is 1. The molecular formula is C15H14N2O3. The van der Waals surface area contributed by atoms with Crippen molar-refractivity contribution >= 4 is 5.69 Å². The number of nitrogens with two attached hydrogens (primary N) is 1. The van der Waals surface area contributed by atoms with Gasteiger partial charge in [-0.1, -0.05) is 12.1 Å². The third-order valence-corrected chi connectivity index (χ3v) is 2.82. The Balaban J connectivity index is 2.15. The Morgan fingerprint density at radius 2 is 2.05 bits per heavy atom. The van der Waals surface area contributed by atoms with Gasteiger partial charge >= 0.3 is 0 Å². The normalized spacial score (nSPS) is 9.80. The highest BCUT2D eigenvalue weighted by Crippen LogP contribution is 2.30. The molecule has 0 saturated heterocycles. The summed E-state index contributed by atoms with van der Waals surface area (Å²) in [5.41, 5.74) is 7.21. The molecule has 2 aromatic carbocycles. The van der Waals surface area contributed by atoms with Crippen molar-refractivity contribution in [3.8, 4) is 23.3 Å². The molecule has 5 nitrogen and oxygen atoms in total. The maximum atomic E-state index is 9.49. The number of nitriles is 1. The summed E-state index contributed by atoms with van der Waals surface area (Å²) in [5.74, 6) is 0.894. The largest absolute Gasteiger partial charge is 0.506 e. The summed E-state index contributed by atoms with van der Waals surface area (Å²) in [6.45, 7) is 0.260. The molecule has 3 N–H and O–H groups in total. The monoisotopic (exact) mass is 270 g/mol. The molecule has 0 aromatic heterocycles. The van der Waals surface area contributed by atoms with Crippen LogP contribution >= 0.6 is 0 Å². The van der Waals surface area contributed by atoms with Crippen LogP contribution in [0.1, 0.15) is 11.1 Å². The van der Waals surface area contributed by atoms with E-state index in [9.17, 15) is 5.11 Å². The van der Waals surface area contributed by atoms with E-state index in [1.165, 1.54) is 13.2 Å². The van der Waals surface area contributed by atoms with E-state index in [2.05, 4.69) is 0 Å². The molecule has 0 aliphatic carbocycles. The van der Waals surface area contributed by atoms with Crippen molar-refractivity contribution in [1.29, 1.82) is 5.26 Å². The number of methoxy groups -OCH3 is 1. The highest BCUT2D eigenvalue weighted by Gasteiger charge is 2.07. The lowest BCUT2D eigenvalue weighted by Gasteiger charge is -2.11. The fraction of sp³-hybridized carbons (Fsp3) is 0.133. The number of nitrogen functional groups attached to an aromatic ring is 1. The molecule has 0 heterocycles. The van der Waals surface area contributed by atoms with Crippen molar-refractivity contribution in [2.75, 3.05) is 12.8 Å². The van der Waals surface area contributed by atoms with Gasteiger partial charge in [-0.2, -0.15) is 5.26 Å². The van der Waals surface area contributed by atoms with Crippen molar-refractivity contribution in [3.63, 3.8) is 0 Å². The Bertz CT molecular complexity index is 663. The number of phenolic OH excluding ortho intramolecular Hbond substituents is 1. The molecule has 0 fully saturated rings. The molecule has 0 saturated carbocycles. The van der Waals surface area contributed by atoms with Crippen LogP contribution in [-0.2, 0) is 6.61 Å². The van der Waals surface area contributed by atoms with Crippen molar-refractivity contribution in [1.82, 2.24) is 0 Å². The van der Waals surface area contributed by atoms with Crippen molar-refractivity contribution in [2.45, 2.75) is 6.61 Å². The maximum absolute atomic E-state index is 9.49. The maximum Gasteiger partial charge on any atom is 0.146 e. The minimum atomic E-state index is -0.0140. The van der Waals surface area contributed by atoms with E-state index in [0.717, 1.165) is 5.56 Å². The first-order valence-corrected chi connectivity index (χ1v) is 5.93. The lowest BCUT2D eigenvalue weighted by atomic mass is 10.1. The number of para-hydroxylation sites is 1. The predicted molar refractivity (Wildman–Crippen MR) is 74.6 cm³/mol. The second-order valence-electron chi connectivity index (χ2n) is 4.12. The number of aromatic hydroxyl groups is 1. The molecule has 0 spiro atoms. The zero-order valence-electron chi connectivity index (χ0n) is 11.0. The minimum Gasteiger partial charge on any atom is -0.506 e. The molecule has 0 unspecified atom stereocenters. The molecule has 2 rings (SSSR count). The fourth-order valence-corrected chi connectivity index (χ4v) is 1.74. The predicted octanol–water partition coefficient (Wildman–Crippen LogP) is 2.43. The molecule has 0 bridgehead atoms. The van der Waals surface area contributed by atoms with Crippen molar-refractivity contribution in [2.24, 2.45) is 0 Å². The average molecular weight is 270 g/mol. The second kappa shape index (κ2) is 5.85. The molecule has 20 heavy (non-hydrogen) atoms. The Kier molecular flexibility index (Phi) is 3.96. The molecule has 0 radical (unpaired) electrons. The van der Waals surface area contributed by atoms with Gasteiger partial charge in [-0.15, -0.1) is 0 Å². The summed E-state index contributed by atoms with van der Waals surface area (Å²) in [6, 6.07) is 12.0. The summed E-state index contributed by atoms with van der Waals surface area (Å²) >= 11 is 0. The number of benzene rings is 2. The zero-order chi connectivity index (χ0) is 14.5. The summed E-state index contributed by atoms with van der Waals surface area (Å²) in [4.78, 5) is 0. The Hall–Kier alpha value is -2.87. The van der Waals surface area contributed by atoms with Crippen molar-refractivity contribution in [3.05, 3.63) is 47.5 Å². The highest BCUT2D eigenvalue weighted by atomic mass is 16.5. The van der Waals surface area contributed by atoms with E-state index in [-0.39, 0.29) is 18.0 Å². The number of rotatable bonds is 4. The quantitative estimate of drug-likeness (QED) is 0.658. The summed E-state index contributed by atoms with van der Waals surface area (Å²) in [6.07, 6.45) is 0. The van der Waals surface area contributed by atoms with Crippen LogP contribution in [0.25, 0.3) is 0 Å². The first kappa shape index (κ1) is 13.6. The van der Waals surface area contributed by atoms with E-state index in [4.69, 9.17) is 20.5 Å². The molecule has 2 aromatic rings. The van der Waals surface area contributed by atoms with E-state index in [0.29, 0.717) is 17.1 Å². The number of ether oxygens (including phenoxy) is 2. The zero-order valence-corrected chi connectivity index (χ0v) is 11.0. The second-order valence-corrected chi connectivity index (χ2v) is 4.12. The lowest BCUT2D eigenvalue weighted by molar-refractivity contribution is 0.305. The van der Waals surface area contributed by atoms with Gasteiger partial charge in [0.15, 0.2) is 0 Å². The number of hydrogen-bond acceptors (Lipinski definition) is 5. The number of phenols is 1. The van der Waals surface area contributed by atoms with Gasteiger partial charge in [-0.05, 0) is 29.8 Å². The molecule has 0 atom stereocenters. The third-order valence-electron chi connectivity index (χ3n) is 2.82. The smallest absolute Gasteiger partial charge is 0.146 e. The fourth-order valence-electron chi connectivity index (χ4n) is 1.74. The molecule has 102 valence electrons. The van der Waals surface area contributed by atoms with E-state index in [1.807, 2.05) is 6.07 Å². The summed E-state index contributed by atoms with van der Waals surface area (Å²) < 4.78 is 10.7. The topological polar surface area (TPSA) is 88.5 Å². The average Bonchev–Trinajstić information content (AvgIpc) is 2.48. The van der Waals surface area contributed by atoms with Crippen LogP contribution in [0.2, 0.25) is 0 Å². The van der Waals surface area contributed by atoms with Crippen LogP contribution in [0.15, 0.2) is 36.4 Å². The van der Waals surface area contributed by atoms with Crippen LogP contribution < -0.4 is 15.2 Å². The van der Waals surface area contributed by atoms with Gasteiger partial charge in [0.1, 0.15) is 35.6 Å². The van der Waals surface area contributed by atoms with Gasteiger partial charge in [0.05, 0.1) is 12.7 Å². The van der Waals surface area contributed by atoms with Crippen LogP contribution in [0.4, 0.5) is 5.69 Å². The van der Waals surface area contributed by atoms with Gasteiger partial charge in [-0.25, -0.2) is 0 Å². The number of hydrogen-bond donors (Lipinski definition) is 2. The Morgan fingerprint density at radius 3 is 2.75 bits per heavy atom. The van der Waals surface area contributed by atoms with E-state index < -0.39 is 0 Å². The Morgan fingerprint density at radius 1 is 1.25 bits per heavy atom. The van der Waals surface area contributed by atoms with Gasteiger partial charge in [0.25, 0.3) is 0 Å². The number of nitrogens with zero attached hydrogens (tertiary/aromatic N) is 1. The van der Waals surface area contributed by atoms with Gasteiger partial charge in [-0.3, -0.25) is 0 Å².